The highest BCUT2D eigenvalue weighted by Crippen LogP contribution is 2.35. The van der Waals surface area contributed by atoms with Gasteiger partial charge in [-0.1, -0.05) is 0 Å². The maximum atomic E-state index is 12.4. The minimum atomic E-state index is -4.35. The first-order valence-corrected chi connectivity index (χ1v) is 6.44. The molecule has 1 N–H and O–H groups in total. The number of nitrogens with one attached hydrogen (secondary N) is 1. The molecule has 0 radical (unpaired) electrons. The molecule has 1 aliphatic carbocycles. The van der Waals surface area contributed by atoms with Gasteiger partial charge in [-0.05, 0) is 31.2 Å². The Hall–Kier alpha value is -1.30. The fourth-order valence-corrected chi connectivity index (χ4v) is 2.96. The first kappa shape index (κ1) is 12.7. The molecule has 0 amide bonds. The van der Waals surface area contributed by atoms with Crippen LogP contribution in [0, 0.1) is 5.92 Å². The van der Waals surface area contributed by atoms with E-state index in [4.69, 9.17) is 4.74 Å². The molecule has 2 heterocycles. The second kappa shape index (κ2) is 4.67. The van der Waals surface area contributed by atoms with Crippen LogP contribution in [0.3, 0.4) is 0 Å². The van der Waals surface area contributed by atoms with E-state index in [1.54, 1.807) is 0 Å². The molecule has 6 heteroatoms. The number of nitrogens with zero attached hydrogens (tertiary/aromatic N) is 1. The van der Waals surface area contributed by atoms with Crippen molar-refractivity contribution in [2.75, 3.05) is 6.61 Å². The van der Waals surface area contributed by atoms with Crippen molar-refractivity contribution in [2.45, 2.75) is 37.5 Å². The molecule has 19 heavy (non-hydrogen) atoms. The molecule has 1 saturated carbocycles. The third-order valence-electron chi connectivity index (χ3n) is 3.97. The molecule has 2 aliphatic rings. The zero-order valence-electron chi connectivity index (χ0n) is 10.3. The number of fused-ring (bicyclic) bond motifs is 2. The Morgan fingerprint density at radius 2 is 2.16 bits per heavy atom. The molecule has 1 unspecified atom stereocenters. The van der Waals surface area contributed by atoms with Gasteiger partial charge in [0.1, 0.15) is 6.61 Å². The topological polar surface area (TPSA) is 34.1 Å². The molecule has 1 aromatic heterocycles. The van der Waals surface area contributed by atoms with Gasteiger partial charge in [0.05, 0.1) is 5.56 Å². The van der Waals surface area contributed by atoms with Gasteiger partial charge in [0, 0.05) is 24.3 Å². The molecule has 3 atom stereocenters. The van der Waals surface area contributed by atoms with Crippen LogP contribution < -0.4 is 10.1 Å². The number of piperidine rings is 1. The lowest BCUT2D eigenvalue weighted by Gasteiger charge is -2.22. The Kier molecular flexibility index (Phi) is 3.12. The highest BCUT2D eigenvalue weighted by molar-refractivity contribution is 5.20. The molecule has 1 saturated heterocycles. The minimum absolute atomic E-state index is 0.248. The quantitative estimate of drug-likeness (QED) is 0.918. The van der Waals surface area contributed by atoms with Crippen molar-refractivity contribution in [1.29, 1.82) is 0 Å². The molecule has 1 aromatic rings. The van der Waals surface area contributed by atoms with Crippen molar-refractivity contribution in [3.8, 4) is 5.88 Å². The van der Waals surface area contributed by atoms with Crippen molar-refractivity contribution in [3.63, 3.8) is 0 Å². The van der Waals surface area contributed by atoms with Gasteiger partial charge in [0.2, 0.25) is 5.88 Å². The lowest BCUT2D eigenvalue weighted by Crippen LogP contribution is -2.39. The van der Waals surface area contributed by atoms with Crippen molar-refractivity contribution in [3.05, 3.63) is 23.9 Å². The van der Waals surface area contributed by atoms with Crippen LogP contribution in [-0.4, -0.2) is 23.7 Å². The second-order valence-corrected chi connectivity index (χ2v) is 5.24. The molecule has 0 spiro atoms. The van der Waals surface area contributed by atoms with E-state index in [2.05, 4.69) is 10.3 Å². The van der Waals surface area contributed by atoms with E-state index in [1.165, 1.54) is 25.3 Å². The summed E-state index contributed by atoms with van der Waals surface area (Å²) < 4.78 is 42.6. The average Bonchev–Trinajstić information content (AvgIpc) is 2.98. The molecular formula is C13H15F3N2O. The molecule has 3 nitrogen and oxygen atoms in total. The summed E-state index contributed by atoms with van der Waals surface area (Å²) in [6.07, 6.45) is 0.0849. The van der Waals surface area contributed by atoms with E-state index < -0.39 is 11.7 Å². The van der Waals surface area contributed by atoms with Crippen LogP contribution in [-0.2, 0) is 6.18 Å². The van der Waals surface area contributed by atoms with Gasteiger partial charge in [-0.3, -0.25) is 0 Å². The summed E-state index contributed by atoms with van der Waals surface area (Å²) in [6.45, 7) is 0.472. The van der Waals surface area contributed by atoms with Crippen LogP contribution in [0.5, 0.6) is 5.88 Å². The van der Waals surface area contributed by atoms with Crippen molar-refractivity contribution < 1.29 is 17.9 Å². The summed E-state index contributed by atoms with van der Waals surface area (Å²) in [5, 5.41) is 3.46. The van der Waals surface area contributed by atoms with Crippen LogP contribution in [0.25, 0.3) is 0 Å². The third-order valence-corrected chi connectivity index (χ3v) is 3.97. The van der Waals surface area contributed by atoms with Gasteiger partial charge in [-0.25, -0.2) is 4.98 Å². The number of halogens is 3. The predicted octanol–water partition coefficient (Wildman–Crippen LogP) is 2.62. The summed E-state index contributed by atoms with van der Waals surface area (Å²) in [5.74, 6) is 0.886. The Balaban J connectivity index is 1.56. The van der Waals surface area contributed by atoms with Crippen molar-refractivity contribution >= 4 is 0 Å². The zero-order chi connectivity index (χ0) is 13.5. The Morgan fingerprint density at radius 3 is 2.68 bits per heavy atom. The second-order valence-electron chi connectivity index (χ2n) is 5.24. The van der Waals surface area contributed by atoms with Crippen LogP contribution >= 0.6 is 0 Å². The summed E-state index contributed by atoms with van der Waals surface area (Å²) >= 11 is 0. The van der Waals surface area contributed by atoms with Gasteiger partial charge < -0.3 is 10.1 Å². The highest BCUT2D eigenvalue weighted by atomic mass is 19.4. The van der Waals surface area contributed by atoms with Crippen molar-refractivity contribution in [2.24, 2.45) is 5.92 Å². The van der Waals surface area contributed by atoms with Gasteiger partial charge >= 0.3 is 6.18 Å². The molecule has 0 aromatic carbocycles. The Bertz CT molecular complexity index is 446. The monoisotopic (exact) mass is 272 g/mol. The molecule has 2 bridgehead atoms. The molecule has 3 rings (SSSR count). The van der Waals surface area contributed by atoms with Crippen LogP contribution in [0.15, 0.2) is 18.3 Å². The summed E-state index contributed by atoms with van der Waals surface area (Å²) in [5.41, 5.74) is -0.752. The number of alkyl halides is 3. The standard InChI is InChI=1S/C13H15F3N2O/c14-13(15,16)9-2-4-12(17-6-9)19-7-11-8-1-3-10(5-8)18-11/h2,4,6,8,10-11,18H,1,3,5,7H2/t8?,10-,11-/m1/s1. The number of aromatic nitrogens is 1. The highest BCUT2D eigenvalue weighted by Gasteiger charge is 2.39. The Morgan fingerprint density at radius 1 is 1.32 bits per heavy atom. The number of rotatable bonds is 3. The van der Waals surface area contributed by atoms with E-state index in [0.29, 0.717) is 24.6 Å². The summed E-state index contributed by atoms with van der Waals surface area (Å²) in [4.78, 5) is 3.70. The maximum absolute atomic E-state index is 12.4. The number of pyridine rings is 1. The molecular weight excluding hydrogens is 257 g/mol. The lowest BCUT2D eigenvalue weighted by molar-refractivity contribution is -0.137. The lowest BCUT2D eigenvalue weighted by atomic mass is 10.0. The minimum Gasteiger partial charge on any atom is -0.476 e. The van der Waals surface area contributed by atoms with E-state index in [-0.39, 0.29) is 5.88 Å². The number of hydrogen-bond acceptors (Lipinski definition) is 3. The fraction of sp³-hybridized carbons (Fsp3) is 0.615. The third kappa shape index (κ3) is 2.68. The first-order valence-electron chi connectivity index (χ1n) is 6.44. The SMILES string of the molecule is FC(F)(F)c1ccc(OC[C@H]2N[C@@H]3CCC2C3)nc1. The maximum Gasteiger partial charge on any atom is 0.417 e. The van der Waals surface area contributed by atoms with Gasteiger partial charge in [-0.2, -0.15) is 13.2 Å². The van der Waals surface area contributed by atoms with E-state index in [1.807, 2.05) is 0 Å². The summed E-state index contributed by atoms with van der Waals surface area (Å²) in [7, 11) is 0. The normalized spacial score (nSPS) is 29.7. The molecule has 104 valence electrons. The predicted molar refractivity (Wildman–Crippen MR) is 62.8 cm³/mol. The fourth-order valence-electron chi connectivity index (χ4n) is 2.96. The van der Waals surface area contributed by atoms with Gasteiger partial charge in [0.25, 0.3) is 0 Å². The average molecular weight is 272 g/mol. The van der Waals surface area contributed by atoms with Gasteiger partial charge in [-0.15, -0.1) is 0 Å². The van der Waals surface area contributed by atoms with Crippen LogP contribution in [0.4, 0.5) is 13.2 Å². The largest absolute Gasteiger partial charge is 0.476 e. The van der Waals surface area contributed by atoms with E-state index in [9.17, 15) is 13.2 Å². The number of hydrogen-bond donors (Lipinski definition) is 1. The van der Waals surface area contributed by atoms with Crippen LogP contribution in [0.1, 0.15) is 24.8 Å². The van der Waals surface area contributed by atoms with Gasteiger partial charge in [0.15, 0.2) is 0 Å². The summed E-state index contributed by atoms with van der Waals surface area (Å²) in [6, 6.07) is 3.18. The number of ether oxygens (including phenoxy) is 1. The van der Waals surface area contributed by atoms with Crippen LogP contribution in [0.2, 0.25) is 0 Å². The van der Waals surface area contributed by atoms with E-state index >= 15 is 0 Å². The first-order chi connectivity index (χ1) is 9.02. The van der Waals surface area contributed by atoms with Crippen molar-refractivity contribution in [1.82, 2.24) is 10.3 Å². The molecule has 2 fully saturated rings. The molecule has 1 aliphatic heterocycles. The Labute approximate surface area is 109 Å². The van der Waals surface area contributed by atoms with E-state index in [0.717, 1.165) is 12.3 Å². The smallest absolute Gasteiger partial charge is 0.417 e. The zero-order valence-corrected chi connectivity index (χ0v) is 10.3.